The van der Waals surface area contributed by atoms with Gasteiger partial charge in [0.1, 0.15) is 17.3 Å². The van der Waals surface area contributed by atoms with E-state index >= 15 is 0 Å². The van der Waals surface area contributed by atoms with Crippen molar-refractivity contribution in [2.45, 2.75) is 39.2 Å². The van der Waals surface area contributed by atoms with Gasteiger partial charge in [0.25, 0.3) is 5.78 Å². The van der Waals surface area contributed by atoms with Crippen LogP contribution in [-0.4, -0.2) is 35.5 Å². The number of hydrogen-bond acceptors (Lipinski definition) is 7. The second-order valence-electron chi connectivity index (χ2n) is 10.3. The molecule has 1 aromatic heterocycles. The quantitative estimate of drug-likeness (QED) is 0.167. The summed E-state index contributed by atoms with van der Waals surface area (Å²) in [7, 11) is 1.59. The SMILES string of the molecule is CCOc1ccc(/C(O)=C2\C(=O)C(=O)N(c3nc4ccc(OC)cc4s3)[C@H]2c2ccc(C(C)(C)C)cc2)cc1. The van der Waals surface area contributed by atoms with Crippen molar-refractivity contribution in [2.75, 3.05) is 18.6 Å². The lowest BCUT2D eigenvalue weighted by atomic mass is 9.85. The number of ketones is 1. The Morgan fingerprint density at radius 2 is 1.67 bits per heavy atom. The number of aromatic nitrogens is 1. The Morgan fingerprint density at radius 1 is 1.00 bits per heavy atom. The fourth-order valence-electron chi connectivity index (χ4n) is 4.66. The molecule has 0 bridgehead atoms. The molecular formula is C31H30N2O5S. The number of rotatable bonds is 6. The molecule has 2 heterocycles. The van der Waals surface area contributed by atoms with Gasteiger partial charge in [0.15, 0.2) is 5.13 Å². The lowest BCUT2D eigenvalue weighted by Gasteiger charge is -2.24. The highest BCUT2D eigenvalue weighted by Gasteiger charge is 2.48. The van der Waals surface area contributed by atoms with Crippen LogP contribution < -0.4 is 14.4 Å². The van der Waals surface area contributed by atoms with Gasteiger partial charge in [-0.05, 0) is 65.9 Å². The molecule has 1 atom stereocenters. The Hall–Kier alpha value is -4.17. The summed E-state index contributed by atoms with van der Waals surface area (Å²) in [6, 6.07) is 19.2. The molecule has 4 aromatic rings. The molecule has 1 amide bonds. The number of carbonyl (C=O) groups excluding carboxylic acids is 2. The number of thiazole rings is 1. The first-order valence-corrected chi connectivity index (χ1v) is 13.5. The summed E-state index contributed by atoms with van der Waals surface area (Å²) in [4.78, 5) is 33.2. The minimum atomic E-state index is -0.854. The largest absolute Gasteiger partial charge is 0.507 e. The van der Waals surface area contributed by atoms with Crippen LogP contribution >= 0.6 is 11.3 Å². The highest BCUT2D eigenvalue weighted by molar-refractivity contribution is 7.22. The van der Waals surface area contributed by atoms with Gasteiger partial charge in [-0.15, -0.1) is 0 Å². The van der Waals surface area contributed by atoms with Crippen LogP contribution in [0.2, 0.25) is 0 Å². The lowest BCUT2D eigenvalue weighted by molar-refractivity contribution is -0.132. The van der Waals surface area contributed by atoms with E-state index in [-0.39, 0.29) is 16.7 Å². The molecule has 0 radical (unpaired) electrons. The standard InChI is InChI=1S/C31H30N2O5S/c1-6-38-21-13-9-19(10-14-21)27(34)25-26(18-7-11-20(12-8-18)31(2,3)4)33(29(36)28(25)35)30-32-23-16-15-22(37-5)17-24(23)39-30/h7-17,26,34H,6H2,1-5H3/b27-25+/t26-/m0/s1. The molecule has 0 saturated carbocycles. The van der Waals surface area contributed by atoms with Crippen molar-refractivity contribution in [2.24, 2.45) is 0 Å². The molecule has 1 aliphatic heterocycles. The van der Waals surface area contributed by atoms with Gasteiger partial charge in [-0.2, -0.15) is 0 Å². The van der Waals surface area contributed by atoms with Gasteiger partial charge in [0.05, 0.1) is 35.5 Å². The number of carbonyl (C=O) groups is 2. The van der Waals surface area contributed by atoms with Gasteiger partial charge >= 0.3 is 5.91 Å². The maximum absolute atomic E-state index is 13.6. The van der Waals surface area contributed by atoms with E-state index < -0.39 is 17.7 Å². The summed E-state index contributed by atoms with van der Waals surface area (Å²) in [5.41, 5.74) is 2.86. The molecule has 39 heavy (non-hydrogen) atoms. The number of aliphatic hydroxyl groups excluding tert-OH is 1. The molecule has 1 saturated heterocycles. The Kier molecular flexibility index (Phi) is 6.91. The van der Waals surface area contributed by atoms with Crippen molar-refractivity contribution in [3.8, 4) is 11.5 Å². The molecule has 200 valence electrons. The van der Waals surface area contributed by atoms with Gasteiger partial charge in [-0.1, -0.05) is 56.4 Å². The fourth-order valence-corrected chi connectivity index (χ4v) is 5.69. The molecule has 0 unspecified atom stereocenters. The highest BCUT2D eigenvalue weighted by atomic mass is 32.1. The first-order chi connectivity index (χ1) is 18.6. The van der Waals surface area contributed by atoms with Gasteiger partial charge in [-0.25, -0.2) is 4.98 Å². The monoisotopic (exact) mass is 542 g/mol. The number of benzene rings is 3. The third kappa shape index (κ3) is 4.88. The third-order valence-electron chi connectivity index (χ3n) is 6.77. The van der Waals surface area contributed by atoms with Crippen LogP contribution in [0.5, 0.6) is 11.5 Å². The van der Waals surface area contributed by atoms with Crippen LogP contribution in [0.25, 0.3) is 16.0 Å². The number of anilines is 1. The van der Waals surface area contributed by atoms with Crippen LogP contribution in [0.1, 0.15) is 50.4 Å². The second-order valence-corrected chi connectivity index (χ2v) is 11.3. The van der Waals surface area contributed by atoms with Crippen LogP contribution in [0, 0.1) is 0 Å². The van der Waals surface area contributed by atoms with Gasteiger partial charge in [0, 0.05) is 5.56 Å². The number of fused-ring (bicyclic) bond motifs is 1. The summed E-state index contributed by atoms with van der Waals surface area (Å²) in [6.07, 6.45) is 0. The maximum atomic E-state index is 13.6. The van der Waals surface area contributed by atoms with Crippen molar-refractivity contribution >= 4 is 44.1 Å². The van der Waals surface area contributed by atoms with Crippen molar-refractivity contribution in [3.05, 3.63) is 89.0 Å². The number of nitrogens with zero attached hydrogens (tertiary/aromatic N) is 2. The summed E-state index contributed by atoms with van der Waals surface area (Å²) in [5.74, 6) is -0.425. The first kappa shape index (κ1) is 26.4. The van der Waals surface area contributed by atoms with Crippen molar-refractivity contribution in [3.63, 3.8) is 0 Å². The topological polar surface area (TPSA) is 89.0 Å². The number of methoxy groups -OCH3 is 1. The number of hydrogen-bond donors (Lipinski definition) is 1. The maximum Gasteiger partial charge on any atom is 0.301 e. The predicted octanol–water partition coefficient (Wildman–Crippen LogP) is 6.63. The normalized spacial score (nSPS) is 17.2. The van der Waals surface area contributed by atoms with Gasteiger partial charge < -0.3 is 14.6 Å². The highest BCUT2D eigenvalue weighted by Crippen LogP contribution is 2.45. The van der Waals surface area contributed by atoms with Gasteiger partial charge in [0.2, 0.25) is 0 Å². The van der Waals surface area contributed by atoms with Crippen LogP contribution in [0.4, 0.5) is 5.13 Å². The Morgan fingerprint density at radius 3 is 2.28 bits per heavy atom. The zero-order valence-electron chi connectivity index (χ0n) is 22.5. The number of ether oxygens (including phenoxy) is 2. The van der Waals surface area contributed by atoms with Crippen LogP contribution in [0.15, 0.2) is 72.3 Å². The van der Waals surface area contributed by atoms with Crippen LogP contribution in [0.3, 0.4) is 0 Å². The van der Waals surface area contributed by atoms with E-state index in [4.69, 9.17) is 9.47 Å². The first-order valence-electron chi connectivity index (χ1n) is 12.7. The number of amides is 1. The van der Waals surface area contributed by atoms with E-state index in [1.807, 2.05) is 43.3 Å². The second kappa shape index (κ2) is 10.2. The zero-order valence-corrected chi connectivity index (χ0v) is 23.3. The summed E-state index contributed by atoms with van der Waals surface area (Å²) in [5, 5.41) is 11.8. The van der Waals surface area contributed by atoms with E-state index in [0.717, 1.165) is 10.3 Å². The Labute approximate surface area is 231 Å². The minimum Gasteiger partial charge on any atom is -0.507 e. The van der Waals surface area contributed by atoms with Crippen LogP contribution in [-0.2, 0) is 15.0 Å². The number of aliphatic hydroxyl groups is 1. The van der Waals surface area contributed by atoms with E-state index in [1.165, 1.54) is 16.2 Å². The summed E-state index contributed by atoms with van der Waals surface area (Å²) < 4.78 is 11.7. The molecule has 7 nitrogen and oxygen atoms in total. The smallest absolute Gasteiger partial charge is 0.301 e. The molecule has 0 aliphatic carbocycles. The minimum absolute atomic E-state index is 0.0181. The van der Waals surface area contributed by atoms with E-state index in [9.17, 15) is 14.7 Å². The molecule has 0 spiro atoms. The number of Topliss-reactive ketones (excluding diaryl/α,β-unsaturated/α-hetero) is 1. The molecule has 5 rings (SSSR count). The van der Waals surface area contributed by atoms with E-state index in [2.05, 4.69) is 25.8 Å². The average molecular weight is 543 g/mol. The predicted molar refractivity (Wildman–Crippen MR) is 154 cm³/mol. The van der Waals surface area contributed by atoms with Crippen molar-refractivity contribution in [1.29, 1.82) is 0 Å². The Bertz CT molecular complexity index is 1580. The lowest BCUT2D eigenvalue weighted by Crippen LogP contribution is -2.29. The van der Waals surface area contributed by atoms with Crippen molar-refractivity contribution < 1.29 is 24.2 Å². The fraction of sp³-hybridized carbons (Fsp3) is 0.258. The van der Waals surface area contributed by atoms with E-state index in [0.29, 0.717) is 39.9 Å². The molecular weight excluding hydrogens is 512 g/mol. The zero-order chi connectivity index (χ0) is 27.9. The van der Waals surface area contributed by atoms with Gasteiger partial charge in [-0.3, -0.25) is 14.5 Å². The summed E-state index contributed by atoms with van der Waals surface area (Å²) in [6.45, 7) is 8.76. The van der Waals surface area contributed by atoms with E-state index in [1.54, 1.807) is 37.4 Å². The molecule has 1 fully saturated rings. The Balaban J connectivity index is 1.67. The molecule has 1 N–H and O–H groups in total. The molecule has 1 aliphatic rings. The molecule has 3 aromatic carbocycles. The summed E-state index contributed by atoms with van der Waals surface area (Å²) >= 11 is 1.29. The van der Waals surface area contributed by atoms with Crippen molar-refractivity contribution in [1.82, 2.24) is 4.98 Å². The average Bonchev–Trinajstić information content (AvgIpc) is 3.46. The molecule has 8 heteroatoms. The third-order valence-corrected chi connectivity index (χ3v) is 7.78.